The van der Waals surface area contributed by atoms with E-state index >= 15 is 0 Å². The van der Waals surface area contributed by atoms with Crippen molar-refractivity contribution in [1.29, 1.82) is 0 Å². The van der Waals surface area contributed by atoms with E-state index in [0.717, 1.165) is 5.56 Å². The fourth-order valence-corrected chi connectivity index (χ4v) is 2.92. The summed E-state index contributed by atoms with van der Waals surface area (Å²) in [7, 11) is 1.38. The molecule has 9 heteroatoms. The SMILES string of the molecule is C=CCOC(=O)O[C@H]1[C@H](O)[C@@H](COCc2ccccc2)O[C@@H](OC)[C@@H]1NC(C)=O. The maximum Gasteiger partial charge on any atom is 0.509 e. The largest absolute Gasteiger partial charge is 0.509 e. The van der Waals surface area contributed by atoms with Gasteiger partial charge >= 0.3 is 6.16 Å². The van der Waals surface area contributed by atoms with E-state index in [-0.39, 0.29) is 13.2 Å². The minimum atomic E-state index is -1.29. The molecule has 0 radical (unpaired) electrons. The number of carbonyl (C=O) groups is 2. The average molecular weight is 409 g/mol. The minimum Gasteiger partial charge on any atom is -0.430 e. The Morgan fingerprint density at radius 3 is 2.66 bits per heavy atom. The summed E-state index contributed by atoms with van der Waals surface area (Å²) in [6.45, 7) is 5.02. The number of rotatable bonds is 9. The third kappa shape index (κ3) is 6.82. The number of amides is 1. The van der Waals surface area contributed by atoms with E-state index in [2.05, 4.69) is 11.9 Å². The molecule has 1 saturated heterocycles. The second-order valence-corrected chi connectivity index (χ2v) is 6.43. The van der Waals surface area contributed by atoms with Gasteiger partial charge in [-0.05, 0) is 5.56 Å². The number of hydrogen-bond donors (Lipinski definition) is 2. The van der Waals surface area contributed by atoms with E-state index in [4.69, 9.17) is 23.7 Å². The molecule has 1 aliphatic heterocycles. The van der Waals surface area contributed by atoms with Gasteiger partial charge in [-0.15, -0.1) is 0 Å². The Hall–Kier alpha value is -2.46. The van der Waals surface area contributed by atoms with Gasteiger partial charge in [0.25, 0.3) is 0 Å². The lowest BCUT2D eigenvalue weighted by Crippen LogP contribution is -2.65. The molecule has 0 spiro atoms. The van der Waals surface area contributed by atoms with Gasteiger partial charge in [-0.2, -0.15) is 0 Å². The number of methoxy groups -OCH3 is 1. The van der Waals surface area contributed by atoms with Crippen LogP contribution in [0.25, 0.3) is 0 Å². The molecule has 1 heterocycles. The van der Waals surface area contributed by atoms with Gasteiger partial charge in [0.2, 0.25) is 5.91 Å². The molecule has 1 amide bonds. The molecule has 5 atom stereocenters. The Bertz CT molecular complexity index is 668. The van der Waals surface area contributed by atoms with Gasteiger partial charge in [-0.1, -0.05) is 43.0 Å². The summed E-state index contributed by atoms with van der Waals surface area (Å²) in [5, 5.41) is 13.3. The van der Waals surface area contributed by atoms with E-state index in [1.54, 1.807) is 0 Å². The topological polar surface area (TPSA) is 113 Å². The van der Waals surface area contributed by atoms with Crippen LogP contribution in [0.4, 0.5) is 4.79 Å². The second kappa shape index (κ2) is 11.5. The average Bonchev–Trinajstić information content (AvgIpc) is 2.71. The van der Waals surface area contributed by atoms with Crippen LogP contribution in [0.5, 0.6) is 0 Å². The van der Waals surface area contributed by atoms with E-state index in [1.807, 2.05) is 30.3 Å². The number of ether oxygens (including phenoxy) is 5. The van der Waals surface area contributed by atoms with Crippen LogP contribution in [0, 0.1) is 0 Å². The van der Waals surface area contributed by atoms with Gasteiger partial charge in [0, 0.05) is 14.0 Å². The summed E-state index contributed by atoms with van der Waals surface area (Å²) in [4.78, 5) is 23.5. The first-order chi connectivity index (χ1) is 14.0. The lowest BCUT2D eigenvalue weighted by atomic mass is 9.96. The highest BCUT2D eigenvalue weighted by atomic mass is 16.7. The molecule has 0 aliphatic carbocycles. The van der Waals surface area contributed by atoms with Gasteiger partial charge in [0.05, 0.1) is 13.2 Å². The molecule has 2 rings (SSSR count). The standard InChI is InChI=1S/C20H27NO8/c1-4-10-27-20(24)29-18-16(21-13(2)22)19(25-3)28-15(17(18)23)12-26-11-14-8-6-5-7-9-14/h4-9,15-19,23H,1,10-12H2,2-3H3,(H,21,22)/t15-,16-,17-,18-,19-/m1/s1. The Kier molecular flexibility index (Phi) is 9.07. The number of aliphatic hydroxyl groups is 1. The quantitative estimate of drug-likeness (QED) is 0.461. The Balaban J connectivity index is 2.07. The van der Waals surface area contributed by atoms with Crippen LogP contribution in [-0.2, 0) is 35.1 Å². The highest BCUT2D eigenvalue weighted by molar-refractivity contribution is 5.73. The Labute approximate surface area is 169 Å². The van der Waals surface area contributed by atoms with Gasteiger partial charge in [0.1, 0.15) is 24.9 Å². The number of aliphatic hydroxyl groups excluding tert-OH is 1. The number of nitrogens with one attached hydrogen (secondary N) is 1. The molecule has 1 aromatic rings. The summed E-state index contributed by atoms with van der Waals surface area (Å²) < 4.78 is 26.7. The monoisotopic (exact) mass is 409 g/mol. The molecular weight excluding hydrogens is 382 g/mol. The molecule has 0 saturated carbocycles. The minimum absolute atomic E-state index is 0.0181. The Morgan fingerprint density at radius 2 is 2.03 bits per heavy atom. The fraction of sp³-hybridized carbons (Fsp3) is 0.500. The van der Waals surface area contributed by atoms with Crippen LogP contribution in [0.15, 0.2) is 43.0 Å². The van der Waals surface area contributed by atoms with Crippen molar-refractivity contribution in [2.75, 3.05) is 20.3 Å². The van der Waals surface area contributed by atoms with Gasteiger partial charge in [-0.3, -0.25) is 4.79 Å². The first-order valence-electron chi connectivity index (χ1n) is 9.15. The van der Waals surface area contributed by atoms with Crippen LogP contribution in [-0.4, -0.2) is 68.1 Å². The van der Waals surface area contributed by atoms with E-state index < -0.39 is 42.7 Å². The zero-order valence-corrected chi connectivity index (χ0v) is 16.5. The molecule has 1 aliphatic rings. The molecule has 1 aromatic carbocycles. The van der Waals surface area contributed by atoms with Crippen molar-refractivity contribution < 1.29 is 38.4 Å². The van der Waals surface area contributed by atoms with Crippen molar-refractivity contribution in [3.8, 4) is 0 Å². The molecule has 1 fully saturated rings. The lowest BCUT2D eigenvalue weighted by molar-refractivity contribution is -0.267. The van der Waals surface area contributed by atoms with Crippen molar-refractivity contribution >= 4 is 12.1 Å². The molecule has 29 heavy (non-hydrogen) atoms. The highest BCUT2D eigenvalue weighted by Crippen LogP contribution is 2.25. The zero-order valence-electron chi connectivity index (χ0n) is 16.5. The van der Waals surface area contributed by atoms with Crippen LogP contribution in [0.3, 0.4) is 0 Å². The van der Waals surface area contributed by atoms with Crippen molar-refractivity contribution in [3.63, 3.8) is 0 Å². The van der Waals surface area contributed by atoms with E-state index in [9.17, 15) is 14.7 Å². The molecule has 9 nitrogen and oxygen atoms in total. The highest BCUT2D eigenvalue weighted by Gasteiger charge is 2.48. The first-order valence-corrected chi connectivity index (χ1v) is 9.15. The second-order valence-electron chi connectivity index (χ2n) is 6.43. The van der Waals surface area contributed by atoms with Crippen LogP contribution in [0.1, 0.15) is 12.5 Å². The van der Waals surface area contributed by atoms with Crippen molar-refractivity contribution in [2.45, 2.75) is 44.2 Å². The van der Waals surface area contributed by atoms with Gasteiger partial charge in [-0.25, -0.2) is 4.79 Å². The fourth-order valence-electron chi connectivity index (χ4n) is 2.92. The summed E-state index contributed by atoms with van der Waals surface area (Å²) >= 11 is 0. The maximum absolute atomic E-state index is 11.9. The molecule has 0 unspecified atom stereocenters. The van der Waals surface area contributed by atoms with Crippen molar-refractivity contribution in [2.24, 2.45) is 0 Å². The van der Waals surface area contributed by atoms with Crippen molar-refractivity contribution in [1.82, 2.24) is 5.32 Å². The van der Waals surface area contributed by atoms with Crippen LogP contribution >= 0.6 is 0 Å². The summed E-state index contributed by atoms with van der Waals surface area (Å²) in [5.74, 6) is -0.403. The molecule has 0 aromatic heterocycles. The maximum atomic E-state index is 11.9. The zero-order chi connectivity index (χ0) is 21.2. The molecule has 160 valence electrons. The molecular formula is C20H27NO8. The summed E-state index contributed by atoms with van der Waals surface area (Å²) in [5.41, 5.74) is 0.956. The molecule has 2 N–H and O–H groups in total. The smallest absolute Gasteiger partial charge is 0.430 e. The van der Waals surface area contributed by atoms with E-state index in [0.29, 0.717) is 6.61 Å². The predicted octanol–water partition coefficient (Wildman–Crippen LogP) is 1.15. The van der Waals surface area contributed by atoms with Crippen LogP contribution < -0.4 is 5.32 Å². The summed E-state index contributed by atoms with van der Waals surface area (Å²) in [6, 6.07) is 8.56. The normalized spacial score (nSPS) is 26.4. The molecule has 0 bridgehead atoms. The number of carbonyl (C=O) groups excluding carboxylic acids is 2. The number of hydrogen-bond acceptors (Lipinski definition) is 8. The lowest BCUT2D eigenvalue weighted by Gasteiger charge is -2.43. The summed E-state index contributed by atoms with van der Waals surface area (Å²) in [6.07, 6.45) is -3.91. The van der Waals surface area contributed by atoms with E-state index in [1.165, 1.54) is 20.1 Å². The van der Waals surface area contributed by atoms with Crippen molar-refractivity contribution in [3.05, 3.63) is 48.6 Å². The predicted molar refractivity (Wildman–Crippen MR) is 102 cm³/mol. The third-order valence-electron chi connectivity index (χ3n) is 4.22. The number of benzene rings is 1. The van der Waals surface area contributed by atoms with Crippen LogP contribution in [0.2, 0.25) is 0 Å². The van der Waals surface area contributed by atoms with Gasteiger partial charge in [0.15, 0.2) is 12.4 Å². The van der Waals surface area contributed by atoms with Gasteiger partial charge < -0.3 is 34.1 Å². The first kappa shape index (κ1) is 22.8. The Morgan fingerprint density at radius 1 is 1.31 bits per heavy atom. The third-order valence-corrected chi connectivity index (χ3v) is 4.22.